The van der Waals surface area contributed by atoms with Gasteiger partial charge in [-0.3, -0.25) is 14.9 Å². The van der Waals surface area contributed by atoms with E-state index < -0.39 is 4.92 Å². The first-order valence-corrected chi connectivity index (χ1v) is 8.12. The topological polar surface area (TPSA) is 84.3 Å². The van der Waals surface area contributed by atoms with E-state index >= 15 is 0 Å². The number of hydrogen-bond acceptors (Lipinski definition) is 4. The Labute approximate surface area is 148 Å². The minimum Gasteiger partial charge on any atom is -0.371 e. The molecule has 0 fully saturated rings. The zero-order valence-electron chi connectivity index (χ0n) is 13.6. The summed E-state index contributed by atoms with van der Waals surface area (Å²) in [5.74, 6) is -0.262. The van der Waals surface area contributed by atoms with Gasteiger partial charge in [0, 0.05) is 16.2 Å². The van der Waals surface area contributed by atoms with Crippen molar-refractivity contribution >= 4 is 38.9 Å². The Morgan fingerprint density at radius 1 is 1.17 bits per heavy atom. The second kappa shape index (κ2) is 7.44. The number of nitrogens with zero attached hydrogens (tertiary/aromatic N) is 1. The molecule has 0 bridgehead atoms. The molecule has 2 N–H and O–H groups in total. The molecule has 2 aromatic rings. The quantitative estimate of drug-likeness (QED) is 0.586. The molecular formula is C17H18BrN3O3. The van der Waals surface area contributed by atoms with E-state index in [2.05, 4.69) is 26.6 Å². The molecule has 0 aromatic heterocycles. The summed E-state index contributed by atoms with van der Waals surface area (Å²) in [7, 11) is 0. The third kappa shape index (κ3) is 4.32. The molecule has 2 rings (SSSR count). The van der Waals surface area contributed by atoms with Crippen molar-refractivity contribution in [1.29, 1.82) is 0 Å². The van der Waals surface area contributed by atoms with Gasteiger partial charge < -0.3 is 10.6 Å². The third-order valence-corrected chi connectivity index (χ3v) is 4.03. The van der Waals surface area contributed by atoms with Crippen LogP contribution in [-0.4, -0.2) is 17.4 Å². The molecule has 7 heteroatoms. The summed E-state index contributed by atoms with van der Waals surface area (Å²) in [4.78, 5) is 22.8. The van der Waals surface area contributed by atoms with Gasteiger partial charge in [0.25, 0.3) is 5.69 Å². The molecule has 0 aliphatic heterocycles. The van der Waals surface area contributed by atoms with Crippen molar-refractivity contribution in [1.82, 2.24) is 0 Å². The first-order valence-electron chi connectivity index (χ1n) is 7.33. The first-order chi connectivity index (χ1) is 11.3. The number of amides is 1. The summed E-state index contributed by atoms with van der Waals surface area (Å²) < 4.78 is 0.607. The van der Waals surface area contributed by atoms with E-state index in [1.807, 2.05) is 32.9 Å². The number of carbonyl (C=O) groups is 1. The van der Waals surface area contributed by atoms with Crippen molar-refractivity contribution in [3.63, 3.8) is 0 Å². The molecule has 0 atom stereocenters. The van der Waals surface area contributed by atoms with Crippen LogP contribution in [0.3, 0.4) is 0 Å². The molecule has 2 aromatic carbocycles. The number of nitro groups is 1. The molecule has 0 spiro atoms. The summed E-state index contributed by atoms with van der Waals surface area (Å²) in [6.07, 6.45) is 0. The number of rotatable bonds is 5. The zero-order chi connectivity index (χ0) is 17.9. The fourth-order valence-electron chi connectivity index (χ4n) is 2.54. The molecule has 0 unspecified atom stereocenters. The van der Waals surface area contributed by atoms with Crippen LogP contribution in [0.15, 0.2) is 34.8 Å². The lowest BCUT2D eigenvalue weighted by atomic mass is 10.1. The van der Waals surface area contributed by atoms with Gasteiger partial charge in [0.05, 0.1) is 11.5 Å². The minimum atomic E-state index is -0.487. The van der Waals surface area contributed by atoms with Crippen LogP contribution < -0.4 is 10.6 Å². The zero-order valence-corrected chi connectivity index (χ0v) is 15.2. The maximum absolute atomic E-state index is 12.2. The highest BCUT2D eigenvalue weighted by Crippen LogP contribution is 2.28. The van der Waals surface area contributed by atoms with Gasteiger partial charge in [0.2, 0.25) is 5.91 Å². The van der Waals surface area contributed by atoms with Crippen molar-refractivity contribution in [2.24, 2.45) is 0 Å². The summed E-state index contributed by atoms with van der Waals surface area (Å²) in [5, 5.41) is 16.7. The molecule has 0 radical (unpaired) electrons. The van der Waals surface area contributed by atoms with Crippen LogP contribution in [0.1, 0.15) is 16.7 Å². The number of hydrogen-bond donors (Lipinski definition) is 2. The molecule has 24 heavy (non-hydrogen) atoms. The number of carbonyl (C=O) groups excluding carboxylic acids is 1. The van der Waals surface area contributed by atoms with Gasteiger partial charge in [-0.2, -0.15) is 0 Å². The van der Waals surface area contributed by atoms with Gasteiger partial charge in [0.1, 0.15) is 5.69 Å². The molecule has 1 amide bonds. The van der Waals surface area contributed by atoms with Crippen LogP contribution in [0, 0.1) is 30.9 Å². The number of nitrogens with one attached hydrogen (secondary N) is 2. The fourth-order valence-corrected chi connectivity index (χ4v) is 2.89. The van der Waals surface area contributed by atoms with Gasteiger partial charge in [-0.25, -0.2) is 0 Å². The number of halogens is 1. The maximum atomic E-state index is 12.2. The highest BCUT2D eigenvalue weighted by atomic mass is 79.9. The van der Waals surface area contributed by atoms with Gasteiger partial charge in [-0.05, 0) is 44.0 Å². The Hall–Kier alpha value is -2.41. The van der Waals surface area contributed by atoms with E-state index in [0.717, 1.165) is 22.4 Å². The molecule has 0 saturated heterocycles. The van der Waals surface area contributed by atoms with Crippen molar-refractivity contribution in [2.45, 2.75) is 20.8 Å². The molecule has 0 heterocycles. The van der Waals surface area contributed by atoms with E-state index in [9.17, 15) is 14.9 Å². The number of aryl methyl sites for hydroxylation is 3. The largest absolute Gasteiger partial charge is 0.371 e. The SMILES string of the molecule is Cc1cc(C)c(NC(=O)CNc2ccc(Br)cc2[N+](=O)[O-])c(C)c1. The van der Waals surface area contributed by atoms with Crippen molar-refractivity contribution in [3.05, 3.63) is 61.6 Å². The Morgan fingerprint density at radius 2 is 1.79 bits per heavy atom. The van der Waals surface area contributed by atoms with Gasteiger partial charge in [-0.1, -0.05) is 33.6 Å². The highest BCUT2D eigenvalue weighted by molar-refractivity contribution is 9.10. The van der Waals surface area contributed by atoms with Crippen molar-refractivity contribution in [2.75, 3.05) is 17.2 Å². The molecular weight excluding hydrogens is 374 g/mol. The van der Waals surface area contributed by atoms with Crippen LogP contribution in [0.5, 0.6) is 0 Å². The Kier molecular flexibility index (Phi) is 5.56. The lowest BCUT2D eigenvalue weighted by molar-refractivity contribution is -0.384. The van der Waals surface area contributed by atoms with Gasteiger partial charge in [-0.15, -0.1) is 0 Å². The van der Waals surface area contributed by atoms with Crippen LogP contribution in [0.2, 0.25) is 0 Å². The normalized spacial score (nSPS) is 10.3. The lowest BCUT2D eigenvalue weighted by Crippen LogP contribution is -2.23. The molecule has 6 nitrogen and oxygen atoms in total. The van der Waals surface area contributed by atoms with E-state index in [1.54, 1.807) is 12.1 Å². The van der Waals surface area contributed by atoms with E-state index in [0.29, 0.717) is 10.2 Å². The number of nitro benzene ring substituents is 1. The lowest BCUT2D eigenvalue weighted by Gasteiger charge is -2.13. The fraction of sp³-hybridized carbons (Fsp3) is 0.235. The van der Waals surface area contributed by atoms with Gasteiger partial charge in [0.15, 0.2) is 0 Å². The van der Waals surface area contributed by atoms with E-state index in [-0.39, 0.29) is 18.1 Å². The monoisotopic (exact) mass is 391 g/mol. The number of benzene rings is 2. The number of anilines is 2. The standard InChI is InChI=1S/C17H18BrN3O3/c1-10-6-11(2)17(12(3)7-10)20-16(22)9-19-14-5-4-13(18)8-15(14)21(23)24/h4-8,19H,9H2,1-3H3,(H,20,22). The minimum absolute atomic E-state index is 0.0603. The smallest absolute Gasteiger partial charge is 0.293 e. The Morgan fingerprint density at radius 3 is 2.38 bits per heavy atom. The second-order valence-electron chi connectivity index (χ2n) is 5.59. The summed E-state index contributed by atoms with van der Waals surface area (Å²) >= 11 is 3.20. The van der Waals surface area contributed by atoms with Crippen LogP contribution >= 0.6 is 15.9 Å². The van der Waals surface area contributed by atoms with Crippen molar-refractivity contribution < 1.29 is 9.72 Å². The van der Waals surface area contributed by atoms with E-state index in [1.165, 1.54) is 6.07 Å². The second-order valence-corrected chi connectivity index (χ2v) is 6.51. The van der Waals surface area contributed by atoms with E-state index in [4.69, 9.17) is 0 Å². The molecule has 0 saturated carbocycles. The van der Waals surface area contributed by atoms with Crippen molar-refractivity contribution in [3.8, 4) is 0 Å². The highest BCUT2D eigenvalue weighted by Gasteiger charge is 2.15. The molecule has 0 aliphatic rings. The van der Waals surface area contributed by atoms with Crippen LogP contribution in [0.4, 0.5) is 17.1 Å². The average molecular weight is 392 g/mol. The Bertz CT molecular complexity index is 783. The molecule has 126 valence electrons. The predicted molar refractivity (Wildman–Crippen MR) is 98.6 cm³/mol. The predicted octanol–water partition coefficient (Wildman–Crippen LogP) is 4.33. The maximum Gasteiger partial charge on any atom is 0.293 e. The average Bonchev–Trinajstić information content (AvgIpc) is 2.49. The van der Waals surface area contributed by atoms with Gasteiger partial charge >= 0.3 is 0 Å². The third-order valence-electron chi connectivity index (χ3n) is 3.54. The molecule has 0 aliphatic carbocycles. The van der Waals surface area contributed by atoms with Crippen LogP contribution in [-0.2, 0) is 4.79 Å². The Balaban J connectivity index is 2.09. The van der Waals surface area contributed by atoms with Crippen LogP contribution in [0.25, 0.3) is 0 Å². The summed E-state index contributed by atoms with van der Waals surface area (Å²) in [6.45, 7) is 5.81. The summed E-state index contributed by atoms with van der Waals surface area (Å²) in [5.41, 5.74) is 4.09. The first kappa shape index (κ1) is 17.9. The summed E-state index contributed by atoms with van der Waals surface area (Å²) in [6, 6.07) is 8.64.